The summed E-state index contributed by atoms with van der Waals surface area (Å²) in [6.07, 6.45) is 2.28. The van der Waals surface area contributed by atoms with Gasteiger partial charge in [0, 0.05) is 12.6 Å². The first-order valence-corrected chi connectivity index (χ1v) is 5.13. The number of rotatable bonds is 1. The number of aromatic nitrogens is 2. The van der Waals surface area contributed by atoms with Crippen LogP contribution in [-0.2, 0) is 9.53 Å². The second kappa shape index (κ2) is 3.64. The quantitative estimate of drug-likeness (QED) is 0.676. The van der Waals surface area contributed by atoms with Gasteiger partial charge >= 0.3 is 0 Å². The molecule has 2 aliphatic rings. The van der Waals surface area contributed by atoms with E-state index in [0.29, 0.717) is 25.5 Å². The molecule has 0 aliphatic carbocycles. The average molecular weight is 218 g/mol. The molecule has 82 valence electrons. The third-order valence-electron chi connectivity index (χ3n) is 2.70. The SMILES string of the molecule is O=C1C2COCCC2=NN1c1cccnn1. The summed E-state index contributed by atoms with van der Waals surface area (Å²) in [6, 6.07) is 3.45. The Hall–Kier alpha value is -1.82. The molecule has 1 saturated heterocycles. The number of amides is 1. The number of nitrogens with zero attached hydrogens (tertiary/aromatic N) is 4. The van der Waals surface area contributed by atoms with Crippen LogP contribution in [0.1, 0.15) is 6.42 Å². The van der Waals surface area contributed by atoms with Crippen molar-refractivity contribution in [3.05, 3.63) is 18.3 Å². The lowest BCUT2D eigenvalue weighted by Crippen LogP contribution is -2.34. The van der Waals surface area contributed by atoms with Gasteiger partial charge in [0.05, 0.1) is 18.9 Å². The number of anilines is 1. The van der Waals surface area contributed by atoms with Crippen LogP contribution in [-0.4, -0.2) is 35.0 Å². The van der Waals surface area contributed by atoms with Gasteiger partial charge in [-0.05, 0) is 12.1 Å². The van der Waals surface area contributed by atoms with Crippen molar-refractivity contribution in [1.29, 1.82) is 0 Å². The Bertz CT molecular complexity index is 445. The number of carbonyl (C=O) groups is 1. The van der Waals surface area contributed by atoms with Gasteiger partial charge in [0.25, 0.3) is 5.91 Å². The fraction of sp³-hybridized carbons (Fsp3) is 0.400. The highest BCUT2D eigenvalue weighted by molar-refractivity contribution is 6.15. The minimum atomic E-state index is -0.226. The molecule has 1 amide bonds. The van der Waals surface area contributed by atoms with Crippen LogP contribution in [0.3, 0.4) is 0 Å². The molecule has 0 saturated carbocycles. The van der Waals surface area contributed by atoms with Crippen LogP contribution in [0.2, 0.25) is 0 Å². The lowest BCUT2D eigenvalue weighted by atomic mass is 10.0. The third kappa shape index (κ3) is 1.38. The van der Waals surface area contributed by atoms with Crippen LogP contribution in [0.4, 0.5) is 5.82 Å². The Morgan fingerprint density at radius 1 is 1.50 bits per heavy atom. The third-order valence-corrected chi connectivity index (χ3v) is 2.70. The summed E-state index contributed by atoms with van der Waals surface area (Å²) in [5.41, 5.74) is 0.891. The van der Waals surface area contributed by atoms with E-state index < -0.39 is 0 Å². The van der Waals surface area contributed by atoms with Gasteiger partial charge in [-0.2, -0.15) is 15.2 Å². The van der Waals surface area contributed by atoms with Gasteiger partial charge in [-0.1, -0.05) is 0 Å². The highest BCUT2D eigenvalue weighted by atomic mass is 16.5. The molecule has 6 nitrogen and oxygen atoms in total. The van der Waals surface area contributed by atoms with Gasteiger partial charge in [0.2, 0.25) is 0 Å². The zero-order valence-corrected chi connectivity index (χ0v) is 8.54. The first-order valence-electron chi connectivity index (χ1n) is 5.13. The number of ether oxygens (including phenoxy) is 1. The molecule has 1 atom stereocenters. The maximum absolute atomic E-state index is 12.0. The van der Waals surface area contributed by atoms with Crippen molar-refractivity contribution in [3.63, 3.8) is 0 Å². The summed E-state index contributed by atoms with van der Waals surface area (Å²) < 4.78 is 5.27. The monoisotopic (exact) mass is 218 g/mol. The highest BCUT2D eigenvalue weighted by Crippen LogP contribution is 2.25. The van der Waals surface area contributed by atoms with Crippen LogP contribution in [0.5, 0.6) is 0 Å². The molecule has 6 heteroatoms. The fourth-order valence-corrected chi connectivity index (χ4v) is 1.88. The van der Waals surface area contributed by atoms with Crippen LogP contribution < -0.4 is 5.01 Å². The Morgan fingerprint density at radius 2 is 2.44 bits per heavy atom. The topological polar surface area (TPSA) is 67.7 Å². The number of fused-ring (bicyclic) bond motifs is 1. The number of hydrazone groups is 1. The van der Waals surface area contributed by atoms with E-state index in [2.05, 4.69) is 15.3 Å². The zero-order valence-electron chi connectivity index (χ0n) is 8.54. The van der Waals surface area contributed by atoms with E-state index in [-0.39, 0.29) is 11.8 Å². The first kappa shape index (κ1) is 9.41. The van der Waals surface area contributed by atoms with Crippen LogP contribution in [0.15, 0.2) is 23.4 Å². The maximum atomic E-state index is 12.0. The van der Waals surface area contributed by atoms with Gasteiger partial charge in [-0.15, -0.1) is 5.10 Å². The zero-order chi connectivity index (χ0) is 11.0. The van der Waals surface area contributed by atoms with E-state index in [9.17, 15) is 4.79 Å². The fourth-order valence-electron chi connectivity index (χ4n) is 1.88. The molecule has 0 aromatic carbocycles. The van der Waals surface area contributed by atoms with Gasteiger partial charge in [-0.25, -0.2) is 0 Å². The molecule has 0 N–H and O–H groups in total. The summed E-state index contributed by atoms with van der Waals surface area (Å²) >= 11 is 0. The Labute approximate surface area is 91.9 Å². The highest BCUT2D eigenvalue weighted by Gasteiger charge is 2.38. The van der Waals surface area contributed by atoms with Crippen LogP contribution in [0, 0.1) is 5.92 Å². The number of hydrogen-bond donors (Lipinski definition) is 0. The lowest BCUT2D eigenvalue weighted by Gasteiger charge is -2.17. The first-order chi connectivity index (χ1) is 7.86. The number of hydrogen-bond acceptors (Lipinski definition) is 5. The second-order valence-corrected chi connectivity index (χ2v) is 3.70. The van der Waals surface area contributed by atoms with Crippen molar-refractivity contribution in [2.45, 2.75) is 6.42 Å². The summed E-state index contributed by atoms with van der Waals surface area (Å²) in [5, 5.41) is 13.2. The molecule has 0 spiro atoms. The molecule has 3 heterocycles. The molecular weight excluding hydrogens is 208 g/mol. The van der Waals surface area contributed by atoms with Crippen molar-refractivity contribution < 1.29 is 9.53 Å². The standard InChI is InChI=1S/C10H10N4O2/c15-10-7-6-16-5-3-8(7)13-14(10)9-2-1-4-11-12-9/h1-2,4,7H,3,5-6H2. The van der Waals surface area contributed by atoms with Gasteiger partial charge < -0.3 is 4.74 Å². The van der Waals surface area contributed by atoms with Gasteiger partial charge in [0.15, 0.2) is 5.82 Å². The van der Waals surface area contributed by atoms with E-state index >= 15 is 0 Å². The summed E-state index contributed by atoms with van der Waals surface area (Å²) in [4.78, 5) is 12.0. The predicted octanol–water partition coefficient (Wildman–Crippen LogP) is 0.216. The molecule has 3 rings (SSSR count). The molecule has 0 bridgehead atoms. The minimum Gasteiger partial charge on any atom is -0.380 e. The molecular formula is C10H10N4O2. The van der Waals surface area contributed by atoms with Crippen molar-refractivity contribution in [3.8, 4) is 0 Å². The largest absolute Gasteiger partial charge is 0.380 e. The van der Waals surface area contributed by atoms with E-state index in [1.54, 1.807) is 18.3 Å². The van der Waals surface area contributed by atoms with Crippen molar-refractivity contribution in [2.24, 2.45) is 11.0 Å². The van der Waals surface area contributed by atoms with Crippen LogP contribution in [0.25, 0.3) is 0 Å². The van der Waals surface area contributed by atoms with Crippen LogP contribution >= 0.6 is 0 Å². The maximum Gasteiger partial charge on any atom is 0.260 e. The molecule has 1 aromatic heterocycles. The van der Waals surface area contributed by atoms with E-state index in [4.69, 9.17) is 4.74 Å². The summed E-state index contributed by atoms with van der Waals surface area (Å²) in [6.45, 7) is 1.06. The van der Waals surface area contributed by atoms with Crippen molar-refractivity contribution in [1.82, 2.24) is 10.2 Å². The normalized spacial score (nSPS) is 24.2. The van der Waals surface area contributed by atoms with Crippen molar-refractivity contribution in [2.75, 3.05) is 18.2 Å². The summed E-state index contributed by atoms with van der Waals surface area (Å²) in [7, 11) is 0. The Morgan fingerprint density at radius 3 is 3.19 bits per heavy atom. The average Bonchev–Trinajstić information content (AvgIpc) is 2.69. The molecule has 0 radical (unpaired) electrons. The molecule has 1 fully saturated rings. The smallest absolute Gasteiger partial charge is 0.260 e. The van der Waals surface area contributed by atoms with Crippen molar-refractivity contribution >= 4 is 17.4 Å². The van der Waals surface area contributed by atoms with E-state index in [1.807, 2.05) is 0 Å². The molecule has 2 aliphatic heterocycles. The van der Waals surface area contributed by atoms with Gasteiger partial charge in [0.1, 0.15) is 5.92 Å². The predicted molar refractivity (Wildman–Crippen MR) is 55.9 cm³/mol. The second-order valence-electron chi connectivity index (χ2n) is 3.70. The Balaban J connectivity index is 1.93. The van der Waals surface area contributed by atoms with Gasteiger partial charge in [-0.3, -0.25) is 4.79 Å². The molecule has 1 aromatic rings. The van der Waals surface area contributed by atoms with E-state index in [1.165, 1.54) is 5.01 Å². The minimum absolute atomic E-state index is 0.0739. The Kier molecular flexibility index (Phi) is 2.14. The summed E-state index contributed by atoms with van der Waals surface area (Å²) in [5.74, 6) is 0.167. The lowest BCUT2D eigenvalue weighted by molar-refractivity contribution is -0.121. The molecule has 16 heavy (non-hydrogen) atoms. The molecule has 1 unspecified atom stereocenters. The number of carbonyl (C=O) groups excluding carboxylic acids is 1. The van der Waals surface area contributed by atoms with E-state index in [0.717, 1.165) is 5.71 Å².